The van der Waals surface area contributed by atoms with Crippen molar-refractivity contribution in [2.24, 2.45) is 0 Å². The van der Waals surface area contributed by atoms with E-state index in [1.165, 1.54) is 12.5 Å². The van der Waals surface area contributed by atoms with Crippen LogP contribution in [0.2, 0.25) is 0 Å². The monoisotopic (exact) mass is 333 g/mol. The van der Waals surface area contributed by atoms with E-state index in [0.717, 1.165) is 49.4 Å². The summed E-state index contributed by atoms with van der Waals surface area (Å²) in [5.41, 5.74) is 1.72. The first kappa shape index (κ1) is 15.6. The molecule has 3 aliphatic rings. The molecule has 0 amide bonds. The van der Waals surface area contributed by atoms with Gasteiger partial charge >= 0.3 is 5.97 Å². The normalized spacial score (nSPS) is 26.8. The van der Waals surface area contributed by atoms with Crippen LogP contribution in [0, 0.1) is 5.82 Å². The molecule has 3 N–H and O–H groups in total. The molecule has 1 aliphatic carbocycles. The summed E-state index contributed by atoms with van der Waals surface area (Å²) < 4.78 is 14.7. The Balaban J connectivity index is 1.78. The molecule has 2 atom stereocenters. The van der Waals surface area contributed by atoms with Crippen molar-refractivity contribution in [2.75, 3.05) is 18.0 Å². The second-order valence-electron chi connectivity index (χ2n) is 6.98. The fourth-order valence-electron chi connectivity index (χ4n) is 3.83. The zero-order chi connectivity index (χ0) is 16.8. The van der Waals surface area contributed by atoms with Gasteiger partial charge in [-0.1, -0.05) is 0 Å². The zero-order valence-electron chi connectivity index (χ0n) is 13.5. The number of carbonyl (C=O) groups is 1. The molecule has 2 unspecified atom stereocenters. The first-order valence-electron chi connectivity index (χ1n) is 8.65. The number of halogens is 1. The van der Waals surface area contributed by atoms with E-state index >= 15 is 0 Å². The maximum atomic E-state index is 14.7. The lowest BCUT2D eigenvalue weighted by molar-refractivity contribution is -0.790. The highest BCUT2D eigenvalue weighted by molar-refractivity contribution is 5.88. The van der Waals surface area contributed by atoms with Gasteiger partial charge < -0.3 is 15.1 Å². The SMILES string of the molecule is O=C(O)C1=C[NH+](C2CC2)c2cc(N3CCCCC3)c(F)cc2C1O. The average Bonchev–Trinajstić information content (AvgIpc) is 3.40. The minimum Gasteiger partial charge on any atom is -0.478 e. The highest BCUT2D eigenvalue weighted by atomic mass is 19.1. The Morgan fingerprint density at radius 3 is 2.54 bits per heavy atom. The van der Waals surface area contributed by atoms with Crippen LogP contribution in [-0.2, 0) is 4.79 Å². The first-order valence-corrected chi connectivity index (χ1v) is 8.65. The third-order valence-electron chi connectivity index (χ3n) is 5.29. The lowest BCUT2D eigenvalue weighted by atomic mass is 9.95. The van der Waals surface area contributed by atoms with E-state index in [0.29, 0.717) is 17.3 Å². The molecule has 4 rings (SSSR count). The molecule has 2 heterocycles. The van der Waals surface area contributed by atoms with E-state index in [1.807, 2.05) is 6.07 Å². The summed E-state index contributed by atoms with van der Waals surface area (Å²) in [4.78, 5) is 14.4. The topological polar surface area (TPSA) is 65.2 Å². The van der Waals surface area contributed by atoms with Crippen molar-refractivity contribution in [2.45, 2.75) is 44.2 Å². The lowest BCUT2D eigenvalue weighted by Crippen LogP contribution is -3.05. The molecule has 0 spiro atoms. The van der Waals surface area contributed by atoms with E-state index in [1.54, 1.807) is 6.20 Å². The van der Waals surface area contributed by atoms with Crippen molar-refractivity contribution >= 4 is 17.3 Å². The molecule has 5 nitrogen and oxygen atoms in total. The molecular weight excluding hydrogens is 311 g/mol. The van der Waals surface area contributed by atoms with Gasteiger partial charge in [0.15, 0.2) is 0 Å². The predicted octanol–water partition coefficient (Wildman–Crippen LogP) is 1.51. The van der Waals surface area contributed by atoms with Gasteiger partial charge in [-0.15, -0.1) is 0 Å². The van der Waals surface area contributed by atoms with Gasteiger partial charge in [-0.05, 0) is 25.3 Å². The molecule has 6 heteroatoms. The second-order valence-corrected chi connectivity index (χ2v) is 6.98. The fourth-order valence-corrected chi connectivity index (χ4v) is 3.83. The number of hydrogen-bond acceptors (Lipinski definition) is 3. The molecule has 0 bridgehead atoms. The van der Waals surface area contributed by atoms with Crippen LogP contribution in [0.5, 0.6) is 0 Å². The van der Waals surface area contributed by atoms with Crippen LogP contribution in [0.25, 0.3) is 0 Å². The van der Waals surface area contributed by atoms with Crippen molar-refractivity contribution in [3.8, 4) is 0 Å². The van der Waals surface area contributed by atoms with Gasteiger partial charge in [0.1, 0.15) is 29.4 Å². The van der Waals surface area contributed by atoms with Crippen LogP contribution in [0.3, 0.4) is 0 Å². The predicted molar refractivity (Wildman–Crippen MR) is 86.8 cm³/mol. The number of hydrogen-bond donors (Lipinski definition) is 3. The number of nitrogens with zero attached hydrogens (tertiary/aromatic N) is 1. The molecule has 0 aromatic heterocycles. The number of quaternary nitrogens is 1. The smallest absolute Gasteiger partial charge is 0.340 e. The maximum absolute atomic E-state index is 14.7. The number of benzene rings is 1. The van der Waals surface area contributed by atoms with Gasteiger partial charge in [0.05, 0.1) is 11.7 Å². The molecule has 2 fully saturated rings. The van der Waals surface area contributed by atoms with Crippen LogP contribution in [-0.4, -0.2) is 35.3 Å². The number of rotatable bonds is 3. The molecule has 0 radical (unpaired) electrons. The van der Waals surface area contributed by atoms with Gasteiger partial charge in [-0.25, -0.2) is 9.18 Å². The standard InChI is InChI=1S/C18H21FN2O3/c19-14-8-12-15(9-16(14)20-6-2-1-3-7-20)21(11-4-5-11)10-13(17(12)22)18(23)24/h8-11,17,22H,1-7H2,(H,23,24)/p+1. The summed E-state index contributed by atoms with van der Waals surface area (Å²) in [6, 6.07) is 3.48. The summed E-state index contributed by atoms with van der Waals surface area (Å²) >= 11 is 0. The van der Waals surface area contributed by atoms with E-state index in [2.05, 4.69) is 4.90 Å². The van der Waals surface area contributed by atoms with Crippen molar-refractivity contribution in [1.82, 2.24) is 0 Å². The molecule has 2 aliphatic heterocycles. The third-order valence-corrected chi connectivity index (χ3v) is 5.29. The first-order chi connectivity index (χ1) is 11.6. The molecule has 24 heavy (non-hydrogen) atoms. The summed E-state index contributed by atoms with van der Waals surface area (Å²) in [5, 5.41) is 19.7. The number of aliphatic hydroxyl groups excluding tert-OH is 1. The number of aliphatic hydroxyl groups is 1. The Morgan fingerprint density at radius 2 is 1.92 bits per heavy atom. The van der Waals surface area contributed by atoms with Crippen LogP contribution in [0.15, 0.2) is 23.9 Å². The lowest BCUT2D eigenvalue weighted by Gasteiger charge is -2.32. The van der Waals surface area contributed by atoms with E-state index in [4.69, 9.17) is 0 Å². The highest BCUT2D eigenvalue weighted by Crippen LogP contribution is 2.36. The number of fused-ring (bicyclic) bond motifs is 1. The largest absolute Gasteiger partial charge is 0.478 e. The molecule has 1 saturated carbocycles. The molecule has 1 saturated heterocycles. The summed E-state index contributed by atoms with van der Waals surface area (Å²) in [5.74, 6) is -1.52. The zero-order valence-corrected chi connectivity index (χ0v) is 13.5. The van der Waals surface area contributed by atoms with Crippen LogP contribution in [0.4, 0.5) is 15.8 Å². The van der Waals surface area contributed by atoms with Gasteiger partial charge in [0, 0.05) is 37.6 Å². The Kier molecular flexibility index (Phi) is 3.81. The van der Waals surface area contributed by atoms with Gasteiger partial charge in [0.2, 0.25) is 0 Å². The fraction of sp³-hybridized carbons (Fsp3) is 0.500. The summed E-state index contributed by atoms with van der Waals surface area (Å²) in [6.07, 6.45) is 5.65. The molecule has 1 aromatic carbocycles. The van der Waals surface area contributed by atoms with E-state index in [-0.39, 0.29) is 11.4 Å². The van der Waals surface area contributed by atoms with Crippen LogP contribution < -0.4 is 9.80 Å². The van der Waals surface area contributed by atoms with Crippen molar-refractivity contribution in [1.29, 1.82) is 0 Å². The summed E-state index contributed by atoms with van der Waals surface area (Å²) in [7, 11) is 0. The number of carboxylic acid groups (broad SMARTS) is 1. The van der Waals surface area contributed by atoms with Gasteiger partial charge in [-0.3, -0.25) is 4.90 Å². The number of piperidine rings is 1. The van der Waals surface area contributed by atoms with Gasteiger partial charge in [-0.2, -0.15) is 0 Å². The Bertz CT molecular complexity index is 708. The molecule has 128 valence electrons. The number of carboxylic acids is 1. The highest BCUT2D eigenvalue weighted by Gasteiger charge is 2.42. The summed E-state index contributed by atoms with van der Waals surface area (Å²) in [6.45, 7) is 1.68. The Morgan fingerprint density at radius 1 is 1.21 bits per heavy atom. The van der Waals surface area contributed by atoms with E-state index in [9.17, 15) is 19.4 Å². The van der Waals surface area contributed by atoms with Crippen molar-refractivity contribution < 1.29 is 24.3 Å². The van der Waals surface area contributed by atoms with Crippen LogP contribution in [0.1, 0.15) is 43.8 Å². The van der Waals surface area contributed by atoms with Crippen LogP contribution >= 0.6 is 0 Å². The molecular formula is C18H22FN2O3+. The van der Waals surface area contributed by atoms with Crippen molar-refractivity contribution in [3.63, 3.8) is 0 Å². The third kappa shape index (κ3) is 2.59. The van der Waals surface area contributed by atoms with E-state index < -0.39 is 12.1 Å². The Hall–Kier alpha value is -1.92. The molecule has 1 aromatic rings. The Labute approximate surface area is 140 Å². The van der Waals surface area contributed by atoms with Crippen molar-refractivity contribution in [3.05, 3.63) is 35.3 Å². The minimum absolute atomic E-state index is 0.0606. The number of anilines is 1. The number of nitrogens with one attached hydrogen (secondary N) is 1. The quantitative estimate of drug-likeness (QED) is 0.785. The minimum atomic E-state index is -1.27. The average molecular weight is 333 g/mol. The number of aliphatic carboxylic acids is 1. The maximum Gasteiger partial charge on any atom is 0.340 e. The van der Waals surface area contributed by atoms with Gasteiger partial charge in [0.25, 0.3) is 0 Å². The second kappa shape index (κ2) is 5.86.